The van der Waals surface area contributed by atoms with Crippen molar-refractivity contribution < 1.29 is 9.47 Å². The highest BCUT2D eigenvalue weighted by atomic mass is 16.7. The fourth-order valence-corrected chi connectivity index (χ4v) is 0.345. The number of hydrogen-bond acceptors (Lipinski definition) is 3. The first-order valence-corrected chi connectivity index (χ1v) is 2.74. The van der Waals surface area contributed by atoms with Crippen LogP contribution in [0.3, 0.4) is 0 Å². The lowest BCUT2D eigenvalue weighted by molar-refractivity contribution is -0.113. The molecule has 0 N–H and O–H groups in total. The molecule has 4 nitrogen and oxygen atoms in total. The minimum atomic E-state index is -0.464. The monoisotopic (exact) mass is 140 g/mol. The van der Waals surface area contributed by atoms with E-state index in [9.17, 15) is 0 Å². The van der Waals surface area contributed by atoms with Gasteiger partial charge in [0.1, 0.15) is 6.61 Å². The van der Waals surface area contributed by atoms with Crippen molar-refractivity contribution in [3.05, 3.63) is 11.4 Å². The molecule has 0 amide bonds. The third-order valence-electron chi connectivity index (χ3n) is 0.756. The molecule has 0 aliphatic heterocycles. The van der Waals surface area contributed by atoms with Gasteiger partial charge in [-0.05, 0) is 6.92 Å². The van der Waals surface area contributed by atoms with Crippen molar-refractivity contribution in [1.29, 1.82) is 5.26 Å². The van der Waals surface area contributed by atoms with Gasteiger partial charge in [0.15, 0.2) is 6.29 Å². The lowest BCUT2D eigenvalue weighted by Gasteiger charge is -2.05. The molecule has 0 heterocycles. The number of ether oxygens (including phenoxy) is 2. The first-order valence-electron chi connectivity index (χ1n) is 2.74. The van der Waals surface area contributed by atoms with Crippen molar-refractivity contribution in [3.63, 3.8) is 0 Å². The van der Waals surface area contributed by atoms with Crippen LogP contribution in [0.15, 0.2) is 0 Å². The molecule has 1 atom stereocenters. The molecule has 54 valence electrons. The summed E-state index contributed by atoms with van der Waals surface area (Å²) in [6.45, 7) is 7.97. The lowest BCUT2D eigenvalue weighted by Crippen LogP contribution is -2.12. The Bertz CT molecular complexity index is 138. The van der Waals surface area contributed by atoms with Crippen molar-refractivity contribution in [1.82, 2.24) is 0 Å². The molecule has 0 aromatic heterocycles. The van der Waals surface area contributed by atoms with Gasteiger partial charge in [-0.3, -0.25) is 9.58 Å². The molecule has 1 unspecified atom stereocenters. The normalized spacial score (nSPS) is 11.5. The largest absolute Gasteiger partial charge is 0.338 e. The molecule has 0 bridgehead atoms. The van der Waals surface area contributed by atoms with E-state index < -0.39 is 6.29 Å². The zero-order chi connectivity index (χ0) is 7.82. The third-order valence-corrected chi connectivity index (χ3v) is 0.756. The van der Waals surface area contributed by atoms with E-state index in [4.69, 9.17) is 21.3 Å². The van der Waals surface area contributed by atoms with Crippen LogP contribution in [0.2, 0.25) is 0 Å². The average Bonchev–Trinajstić information content (AvgIpc) is 1.97. The number of hydrogen-bond donors (Lipinski definition) is 0. The van der Waals surface area contributed by atoms with Crippen LogP contribution in [0.25, 0.3) is 4.85 Å². The maximum absolute atomic E-state index is 8.05. The predicted molar refractivity (Wildman–Crippen MR) is 33.6 cm³/mol. The van der Waals surface area contributed by atoms with Gasteiger partial charge in [0.25, 0.3) is 0 Å². The van der Waals surface area contributed by atoms with Crippen molar-refractivity contribution in [2.24, 2.45) is 0 Å². The Kier molecular flexibility index (Phi) is 5.36. The van der Waals surface area contributed by atoms with E-state index in [1.54, 1.807) is 13.0 Å². The van der Waals surface area contributed by atoms with Crippen molar-refractivity contribution in [2.75, 3.05) is 13.3 Å². The molecule has 4 heteroatoms. The molecule has 0 aliphatic rings. The van der Waals surface area contributed by atoms with Crippen LogP contribution in [0.5, 0.6) is 0 Å². The summed E-state index contributed by atoms with van der Waals surface area (Å²) in [6.07, 6.45) is -0.464. The van der Waals surface area contributed by atoms with Gasteiger partial charge in [0.05, 0.1) is 6.07 Å². The SMILES string of the molecule is [C-]#[N+]COC(C)OCC#N. The molecule has 10 heavy (non-hydrogen) atoms. The molecule has 0 aromatic rings. The smallest absolute Gasteiger partial charge is 0.320 e. The summed E-state index contributed by atoms with van der Waals surface area (Å²) >= 11 is 0. The van der Waals surface area contributed by atoms with Gasteiger partial charge >= 0.3 is 6.73 Å². The van der Waals surface area contributed by atoms with Gasteiger partial charge < -0.3 is 4.74 Å². The Labute approximate surface area is 59.8 Å². The second-order valence-corrected chi connectivity index (χ2v) is 1.49. The summed E-state index contributed by atoms with van der Waals surface area (Å²) in [5.41, 5.74) is 0. The molecule has 0 saturated carbocycles. The van der Waals surface area contributed by atoms with E-state index in [0.717, 1.165) is 0 Å². The molecule has 0 spiro atoms. The maximum Gasteiger partial charge on any atom is 0.320 e. The summed E-state index contributed by atoms with van der Waals surface area (Å²) in [5.74, 6) is 0. The Balaban J connectivity index is 3.20. The van der Waals surface area contributed by atoms with Gasteiger partial charge in [0.2, 0.25) is 0 Å². The fraction of sp³-hybridized carbons (Fsp3) is 0.667. The van der Waals surface area contributed by atoms with Crippen molar-refractivity contribution >= 4 is 0 Å². The maximum atomic E-state index is 8.05. The molecule has 0 aromatic carbocycles. The average molecular weight is 140 g/mol. The Morgan fingerprint density at radius 2 is 2.40 bits per heavy atom. The minimum absolute atomic E-state index is 0.000827. The summed E-state index contributed by atoms with van der Waals surface area (Å²) in [5, 5.41) is 8.05. The van der Waals surface area contributed by atoms with E-state index >= 15 is 0 Å². The highest BCUT2D eigenvalue weighted by Gasteiger charge is 2.00. The summed E-state index contributed by atoms with van der Waals surface area (Å²) in [6, 6.07) is 1.80. The predicted octanol–water partition coefficient (Wildman–Crippen LogP) is 0.766. The van der Waals surface area contributed by atoms with Crippen molar-refractivity contribution in [2.45, 2.75) is 13.2 Å². The van der Waals surface area contributed by atoms with Crippen LogP contribution >= 0.6 is 0 Å². The van der Waals surface area contributed by atoms with Gasteiger partial charge in [-0.15, -0.1) is 0 Å². The van der Waals surface area contributed by atoms with Gasteiger partial charge in [0, 0.05) is 0 Å². The first-order chi connectivity index (χ1) is 4.81. The number of nitrogens with zero attached hydrogens (tertiary/aromatic N) is 2. The van der Waals surface area contributed by atoms with E-state index in [1.165, 1.54) is 0 Å². The summed E-state index contributed by atoms with van der Waals surface area (Å²) < 4.78 is 9.53. The second-order valence-electron chi connectivity index (χ2n) is 1.49. The number of nitriles is 1. The van der Waals surface area contributed by atoms with E-state index in [0.29, 0.717) is 0 Å². The Morgan fingerprint density at radius 3 is 2.90 bits per heavy atom. The van der Waals surface area contributed by atoms with Crippen LogP contribution in [-0.2, 0) is 9.47 Å². The zero-order valence-corrected chi connectivity index (χ0v) is 5.70. The Hall–Kier alpha value is -1.10. The highest BCUT2D eigenvalue weighted by molar-refractivity contribution is 4.66. The van der Waals surface area contributed by atoms with Crippen LogP contribution < -0.4 is 0 Å². The molecule has 0 saturated heterocycles. The molecule has 0 fully saturated rings. The standard InChI is InChI=1S/C6H8N2O2/c1-6(9-4-3-7)10-5-8-2/h6H,4-5H2,1H3. The highest BCUT2D eigenvalue weighted by Crippen LogP contribution is 1.91. The van der Waals surface area contributed by atoms with E-state index in [-0.39, 0.29) is 13.3 Å². The zero-order valence-electron chi connectivity index (χ0n) is 5.70. The van der Waals surface area contributed by atoms with E-state index in [1.807, 2.05) is 0 Å². The van der Waals surface area contributed by atoms with Crippen LogP contribution in [-0.4, -0.2) is 19.6 Å². The van der Waals surface area contributed by atoms with Gasteiger partial charge in [-0.25, -0.2) is 6.57 Å². The second kappa shape index (κ2) is 6.03. The topological polar surface area (TPSA) is 46.6 Å². The summed E-state index contributed by atoms with van der Waals surface area (Å²) in [4.78, 5) is 2.95. The quantitative estimate of drug-likeness (QED) is 0.428. The van der Waals surface area contributed by atoms with Gasteiger partial charge in [-0.1, -0.05) is 0 Å². The molecule has 0 rings (SSSR count). The van der Waals surface area contributed by atoms with Crippen LogP contribution in [0.4, 0.5) is 0 Å². The molecular weight excluding hydrogens is 132 g/mol. The minimum Gasteiger partial charge on any atom is -0.338 e. The first kappa shape index (κ1) is 8.90. The lowest BCUT2D eigenvalue weighted by atomic mass is 10.7. The van der Waals surface area contributed by atoms with Crippen LogP contribution in [0, 0.1) is 17.9 Å². The fourth-order valence-electron chi connectivity index (χ4n) is 0.345. The number of rotatable bonds is 4. The third kappa shape index (κ3) is 5.04. The van der Waals surface area contributed by atoms with Crippen LogP contribution in [0.1, 0.15) is 6.92 Å². The molecular formula is C6H8N2O2. The molecule has 0 radical (unpaired) electrons. The summed E-state index contributed by atoms with van der Waals surface area (Å²) in [7, 11) is 0. The Morgan fingerprint density at radius 1 is 1.70 bits per heavy atom. The van der Waals surface area contributed by atoms with Gasteiger partial charge in [-0.2, -0.15) is 5.26 Å². The van der Waals surface area contributed by atoms with Crippen molar-refractivity contribution in [3.8, 4) is 6.07 Å². The molecule has 0 aliphatic carbocycles. The van der Waals surface area contributed by atoms with E-state index in [2.05, 4.69) is 4.85 Å².